The van der Waals surface area contributed by atoms with E-state index in [0.717, 1.165) is 59.9 Å². The third-order valence-electron chi connectivity index (χ3n) is 8.16. The molecule has 11 heteroatoms. The third kappa shape index (κ3) is 4.81. The molecule has 7 rings (SSSR count). The fraction of sp³-hybridized carbons (Fsp3) is 0.414. The lowest BCUT2D eigenvalue weighted by molar-refractivity contribution is 0.0144. The number of halogens is 3. The number of benzene rings is 2. The van der Waals surface area contributed by atoms with Gasteiger partial charge in [0, 0.05) is 34.7 Å². The topological polar surface area (TPSA) is 86.7 Å². The van der Waals surface area contributed by atoms with E-state index in [1.54, 1.807) is 7.11 Å². The lowest BCUT2D eigenvalue weighted by atomic mass is 9.99. The number of rotatable bonds is 8. The van der Waals surface area contributed by atoms with Crippen molar-refractivity contribution in [2.45, 2.75) is 69.2 Å². The summed E-state index contributed by atoms with van der Waals surface area (Å²) < 4.78 is 24.3. The first-order chi connectivity index (χ1) is 19.5. The van der Waals surface area contributed by atoms with Gasteiger partial charge in [-0.1, -0.05) is 34.4 Å². The Kier molecular flexibility index (Phi) is 7.02. The maximum atomic E-state index is 6.57. The Labute approximate surface area is 250 Å². The minimum Gasteiger partial charge on any atom is -0.496 e. The molecule has 0 spiro atoms. The van der Waals surface area contributed by atoms with Crippen molar-refractivity contribution >= 4 is 45.1 Å². The quantitative estimate of drug-likeness (QED) is 0.190. The van der Waals surface area contributed by atoms with E-state index in [4.69, 9.17) is 46.7 Å². The zero-order valence-corrected chi connectivity index (χ0v) is 24.9. The molecule has 4 aromatic rings. The Balaban J connectivity index is 1.07. The first-order valence-corrected chi connectivity index (χ1v) is 15.1. The first-order valence-electron chi connectivity index (χ1n) is 13.5. The van der Waals surface area contributed by atoms with Gasteiger partial charge < -0.3 is 23.4 Å². The van der Waals surface area contributed by atoms with E-state index < -0.39 is 0 Å². The van der Waals surface area contributed by atoms with Crippen molar-refractivity contribution in [3.05, 3.63) is 62.2 Å². The number of nitrogens with zero attached hydrogens (tertiary/aromatic N) is 4. The summed E-state index contributed by atoms with van der Waals surface area (Å²) in [6.07, 6.45) is 6.22. The fourth-order valence-corrected chi connectivity index (χ4v) is 7.05. The molecule has 2 saturated heterocycles. The number of ether oxygens (including phenoxy) is 2. The van der Waals surface area contributed by atoms with Crippen LogP contribution in [0.3, 0.4) is 0 Å². The molecule has 2 bridgehead atoms. The minimum atomic E-state index is 0.104. The second-order valence-electron chi connectivity index (χ2n) is 10.7. The zero-order chi connectivity index (χ0) is 27.4. The number of piperidine rings is 1. The Morgan fingerprint density at radius 1 is 1.00 bits per heavy atom. The largest absolute Gasteiger partial charge is 0.496 e. The van der Waals surface area contributed by atoms with Gasteiger partial charge in [-0.15, -0.1) is 0 Å². The fourth-order valence-electron chi connectivity index (χ4n) is 6.07. The van der Waals surface area contributed by atoms with Crippen LogP contribution in [0.4, 0.5) is 5.95 Å². The Bertz CT molecular complexity index is 1520. The van der Waals surface area contributed by atoms with Crippen LogP contribution >= 0.6 is 39.1 Å². The van der Waals surface area contributed by atoms with Gasteiger partial charge in [-0.3, -0.25) is 0 Å². The van der Waals surface area contributed by atoms with Crippen molar-refractivity contribution in [2.24, 2.45) is 0 Å². The highest BCUT2D eigenvalue weighted by Gasteiger charge is 2.43. The maximum Gasteiger partial charge on any atom is 0.266 e. The van der Waals surface area contributed by atoms with Crippen LogP contribution in [0.25, 0.3) is 22.7 Å². The standard InChI is InChI=1S/C29H27BrCl2N4O4/c1-37-24-11-16(7-10-21(24)30)28-33-29(35-40-28)36-17-8-9-18(36)13-19(12-17)38-14-20-26(34-39-27(20)15-5-6-15)25-22(31)3-2-4-23(25)32/h2-4,7,10-11,15,17-19H,5-6,8-9,12-14H2,1H3/t17-,18+,19?. The van der Waals surface area contributed by atoms with Gasteiger partial charge in [-0.2, -0.15) is 4.98 Å². The molecule has 1 saturated carbocycles. The Morgan fingerprint density at radius 3 is 2.45 bits per heavy atom. The van der Waals surface area contributed by atoms with E-state index in [1.807, 2.05) is 36.4 Å². The monoisotopic (exact) mass is 644 g/mol. The second kappa shape index (κ2) is 10.7. The average molecular weight is 646 g/mol. The summed E-state index contributed by atoms with van der Waals surface area (Å²) in [7, 11) is 1.63. The van der Waals surface area contributed by atoms with Crippen molar-refractivity contribution < 1.29 is 18.5 Å². The van der Waals surface area contributed by atoms with E-state index in [-0.39, 0.29) is 18.2 Å². The summed E-state index contributed by atoms with van der Waals surface area (Å²) in [6, 6.07) is 11.8. The minimum absolute atomic E-state index is 0.104. The maximum absolute atomic E-state index is 6.57. The van der Waals surface area contributed by atoms with E-state index in [9.17, 15) is 0 Å². The lowest BCUT2D eigenvalue weighted by Gasteiger charge is -2.37. The molecule has 8 nitrogen and oxygen atoms in total. The van der Waals surface area contributed by atoms with Crippen molar-refractivity contribution in [3.63, 3.8) is 0 Å². The summed E-state index contributed by atoms with van der Waals surface area (Å²) in [5.41, 5.74) is 3.16. The molecule has 0 amide bonds. The SMILES string of the molecule is COc1cc(-c2nc(N3[C@@H]4CC[C@H]3CC(OCc3c(-c5c(Cl)cccc5Cl)noc3C3CC3)C4)no2)ccc1Br. The smallest absolute Gasteiger partial charge is 0.266 e. The van der Waals surface area contributed by atoms with Crippen LogP contribution in [0, 0.1) is 0 Å². The van der Waals surface area contributed by atoms with Crippen LogP contribution in [0.2, 0.25) is 10.0 Å². The van der Waals surface area contributed by atoms with Gasteiger partial charge in [0.15, 0.2) is 0 Å². The molecule has 1 aliphatic carbocycles. The van der Waals surface area contributed by atoms with Crippen LogP contribution in [-0.4, -0.2) is 40.6 Å². The summed E-state index contributed by atoms with van der Waals surface area (Å²) in [4.78, 5) is 7.06. The summed E-state index contributed by atoms with van der Waals surface area (Å²) in [5.74, 6) is 3.11. The number of fused-ring (bicyclic) bond motifs is 2. The van der Waals surface area contributed by atoms with Gasteiger partial charge in [0.05, 0.1) is 34.3 Å². The molecule has 2 aromatic carbocycles. The third-order valence-corrected chi connectivity index (χ3v) is 9.45. The van der Waals surface area contributed by atoms with Crippen LogP contribution in [0.1, 0.15) is 55.8 Å². The summed E-state index contributed by atoms with van der Waals surface area (Å²) in [6.45, 7) is 0.411. The number of methoxy groups -OCH3 is 1. The van der Waals surface area contributed by atoms with Gasteiger partial charge in [-0.05, 0) is 89.9 Å². The molecule has 3 atom stereocenters. The average Bonchev–Trinajstić information content (AvgIpc) is 3.42. The summed E-state index contributed by atoms with van der Waals surface area (Å²) >= 11 is 16.6. The van der Waals surface area contributed by atoms with Crippen molar-refractivity contribution in [3.8, 4) is 28.5 Å². The van der Waals surface area contributed by atoms with E-state index in [0.29, 0.717) is 51.4 Å². The predicted octanol–water partition coefficient (Wildman–Crippen LogP) is 8.06. The molecule has 0 N–H and O–H groups in total. The van der Waals surface area contributed by atoms with E-state index in [2.05, 4.69) is 31.1 Å². The number of aromatic nitrogens is 3. The van der Waals surface area contributed by atoms with Crippen molar-refractivity contribution in [1.82, 2.24) is 15.3 Å². The van der Waals surface area contributed by atoms with Crippen molar-refractivity contribution in [2.75, 3.05) is 12.0 Å². The molecular weight excluding hydrogens is 619 g/mol. The highest BCUT2D eigenvalue weighted by Crippen LogP contribution is 2.47. The molecule has 3 fully saturated rings. The molecule has 2 aliphatic heterocycles. The highest BCUT2D eigenvalue weighted by molar-refractivity contribution is 9.10. The molecule has 40 heavy (non-hydrogen) atoms. The molecular formula is C29H27BrCl2N4O4. The van der Waals surface area contributed by atoms with E-state index in [1.165, 1.54) is 0 Å². The number of hydrogen-bond acceptors (Lipinski definition) is 8. The Hall–Kier alpha value is -2.59. The molecule has 3 aliphatic rings. The van der Waals surface area contributed by atoms with Gasteiger partial charge in [0.25, 0.3) is 11.8 Å². The summed E-state index contributed by atoms with van der Waals surface area (Å²) in [5, 5.41) is 9.85. The predicted molar refractivity (Wildman–Crippen MR) is 155 cm³/mol. The van der Waals surface area contributed by atoms with Crippen LogP contribution in [0.15, 0.2) is 49.9 Å². The Morgan fingerprint density at radius 2 is 1.75 bits per heavy atom. The molecule has 4 heterocycles. The van der Waals surface area contributed by atoms with E-state index >= 15 is 0 Å². The van der Waals surface area contributed by atoms with Gasteiger partial charge in [-0.25, -0.2) is 0 Å². The van der Waals surface area contributed by atoms with Crippen LogP contribution in [0.5, 0.6) is 5.75 Å². The van der Waals surface area contributed by atoms with Gasteiger partial charge >= 0.3 is 0 Å². The van der Waals surface area contributed by atoms with Crippen LogP contribution in [-0.2, 0) is 11.3 Å². The van der Waals surface area contributed by atoms with Crippen molar-refractivity contribution in [1.29, 1.82) is 0 Å². The van der Waals surface area contributed by atoms with Gasteiger partial charge in [0.1, 0.15) is 17.2 Å². The van der Waals surface area contributed by atoms with Gasteiger partial charge in [0.2, 0.25) is 0 Å². The number of hydrogen-bond donors (Lipinski definition) is 0. The molecule has 1 unspecified atom stereocenters. The second-order valence-corrected chi connectivity index (χ2v) is 12.4. The number of anilines is 1. The van der Waals surface area contributed by atoms with Crippen LogP contribution < -0.4 is 9.64 Å². The highest BCUT2D eigenvalue weighted by atomic mass is 79.9. The zero-order valence-electron chi connectivity index (χ0n) is 21.8. The molecule has 208 valence electrons. The lowest BCUT2D eigenvalue weighted by Crippen LogP contribution is -2.46. The molecule has 0 radical (unpaired) electrons. The normalized spacial score (nSPS) is 22.2. The first kappa shape index (κ1) is 26.3. The molecule has 2 aromatic heterocycles.